The van der Waals surface area contributed by atoms with Gasteiger partial charge in [0.15, 0.2) is 0 Å². The van der Waals surface area contributed by atoms with E-state index < -0.39 is 0 Å². The lowest BCUT2D eigenvalue weighted by Crippen LogP contribution is -2.57. The summed E-state index contributed by atoms with van der Waals surface area (Å²) >= 11 is 0. The zero-order valence-electron chi connectivity index (χ0n) is 13.5. The van der Waals surface area contributed by atoms with E-state index in [0.29, 0.717) is 0 Å². The molecule has 2 aliphatic heterocycles. The molecule has 4 heterocycles. The van der Waals surface area contributed by atoms with Crippen molar-refractivity contribution in [1.29, 1.82) is 5.26 Å². The number of hydrogen-bond acceptors (Lipinski definition) is 5. The Hall–Kier alpha value is -2.62. The molecule has 0 unspecified atom stereocenters. The van der Waals surface area contributed by atoms with Gasteiger partial charge in [-0.05, 0) is 31.7 Å². The van der Waals surface area contributed by atoms with Crippen LogP contribution >= 0.6 is 0 Å². The van der Waals surface area contributed by atoms with Gasteiger partial charge in [-0.3, -0.25) is 4.79 Å². The minimum absolute atomic E-state index is 0.0304. The number of aromatic amines is 1. The Morgan fingerprint density at radius 3 is 3.00 bits per heavy atom. The monoisotopic (exact) mass is 324 g/mol. The topological polar surface area (TPSA) is 88.9 Å². The Bertz CT molecular complexity index is 809. The van der Waals surface area contributed by atoms with Crippen molar-refractivity contribution in [2.75, 3.05) is 24.5 Å². The molecule has 0 aliphatic carbocycles. The highest BCUT2D eigenvalue weighted by atomic mass is 16.2. The van der Waals surface area contributed by atoms with E-state index in [-0.39, 0.29) is 17.9 Å². The minimum atomic E-state index is -0.153. The second-order valence-electron chi connectivity index (χ2n) is 6.67. The molecule has 0 bridgehead atoms. The Kier molecular flexibility index (Phi) is 3.60. The predicted molar refractivity (Wildman–Crippen MR) is 89.2 cm³/mol. The zero-order chi connectivity index (χ0) is 16.6. The molecular weight excluding hydrogens is 304 g/mol. The predicted octanol–water partition coefficient (Wildman–Crippen LogP) is 1.83. The summed E-state index contributed by atoms with van der Waals surface area (Å²) in [6, 6.07) is 4.00. The first-order chi connectivity index (χ1) is 11.7. The second-order valence-corrected chi connectivity index (χ2v) is 6.67. The van der Waals surface area contributed by atoms with Crippen molar-refractivity contribution in [2.45, 2.75) is 37.6 Å². The molecule has 2 fully saturated rings. The summed E-state index contributed by atoms with van der Waals surface area (Å²) in [5, 5.41) is 9.90. The van der Waals surface area contributed by atoms with Crippen LogP contribution < -0.4 is 4.90 Å². The van der Waals surface area contributed by atoms with Crippen molar-refractivity contribution >= 4 is 22.8 Å². The average molecular weight is 324 g/mol. The number of piperidine rings is 1. The normalized spacial score (nSPS) is 23.8. The average Bonchev–Trinajstić information content (AvgIpc) is 3.22. The van der Waals surface area contributed by atoms with Gasteiger partial charge in [0, 0.05) is 25.8 Å². The number of likely N-dealkylation sites (tertiary alicyclic amines) is 1. The fraction of sp³-hybridized carbons (Fsp3) is 0.529. The third-order valence-electron chi connectivity index (χ3n) is 5.32. The van der Waals surface area contributed by atoms with Gasteiger partial charge in [0.1, 0.15) is 24.2 Å². The van der Waals surface area contributed by atoms with Gasteiger partial charge in [-0.1, -0.05) is 0 Å². The molecule has 0 aromatic carbocycles. The maximum Gasteiger partial charge on any atom is 0.237 e. The van der Waals surface area contributed by atoms with Gasteiger partial charge < -0.3 is 14.8 Å². The molecule has 1 spiro atoms. The van der Waals surface area contributed by atoms with E-state index in [0.717, 1.165) is 62.2 Å². The number of carbonyl (C=O) groups is 1. The number of fused-ring (bicyclic) bond motifs is 1. The molecule has 7 heteroatoms. The standard InChI is InChI=1S/C17H20N6O/c18-7-3-14(24)23-10-2-6-17(23)5-1-9-22(11-17)16-13-4-8-19-15(13)20-12-21-16/h4,8,12H,1-3,5-6,9-11H2,(H,19,20,21)/t17-/m1/s1. The highest BCUT2D eigenvalue weighted by Crippen LogP contribution is 2.39. The van der Waals surface area contributed by atoms with Crippen LogP contribution in [0.3, 0.4) is 0 Å². The molecule has 2 saturated heterocycles. The van der Waals surface area contributed by atoms with Crippen LogP contribution in [0.1, 0.15) is 32.1 Å². The second kappa shape index (κ2) is 5.78. The van der Waals surface area contributed by atoms with E-state index in [4.69, 9.17) is 5.26 Å². The molecule has 1 amide bonds. The number of nitriles is 1. The molecule has 4 rings (SSSR count). The Morgan fingerprint density at radius 2 is 2.17 bits per heavy atom. The number of aromatic nitrogens is 3. The van der Waals surface area contributed by atoms with Crippen LogP contribution in [0.15, 0.2) is 18.6 Å². The number of hydrogen-bond donors (Lipinski definition) is 1. The quantitative estimate of drug-likeness (QED) is 0.910. The lowest BCUT2D eigenvalue weighted by molar-refractivity contribution is -0.134. The Balaban J connectivity index is 1.65. The largest absolute Gasteiger partial charge is 0.354 e. The molecule has 2 aliphatic rings. The third kappa shape index (κ3) is 2.30. The molecule has 2 aromatic rings. The molecule has 124 valence electrons. The maximum atomic E-state index is 12.4. The zero-order valence-corrected chi connectivity index (χ0v) is 13.5. The van der Waals surface area contributed by atoms with Crippen LogP contribution in [0.25, 0.3) is 11.0 Å². The van der Waals surface area contributed by atoms with Gasteiger partial charge >= 0.3 is 0 Å². The van der Waals surface area contributed by atoms with Crippen molar-refractivity contribution in [3.8, 4) is 6.07 Å². The number of amides is 1. The van der Waals surface area contributed by atoms with Crippen molar-refractivity contribution in [1.82, 2.24) is 19.9 Å². The smallest absolute Gasteiger partial charge is 0.237 e. The minimum Gasteiger partial charge on any atom is -0.354 e. The Labute approximate surface area is 140 Å². The first-order valence-corrected chi connectivity index (χ1v) is 8.44. The summed E-state index contributed by atoms with van der Waals surface area (Å²) in [7, 11) is 0. The molecule has 1 N–H and O–H groups in total. The summed E-state index contributed by atoms with van der Waals surface area (Å²) in [6.07, 6.45) is 7.46. The number of carbonyl (C=O) groups excluding carboxylic acids is 1. The van der Waals surface area contributed by atoms with E-state index >= 15 is 0 Å². The van der Waals surface area contributed by atoms with E-state index in [9.17, 15) is 4.79 Å². The van der Waals surface area contributed by atoms with E-state index in [1.807, 2.05) is 23.2 Å². The molecule has 2 aromatic heterocycles. The SMILES string of the molecule is N#CCC(=O)N1CCC[C@@]12CCCN(c1ncnc3[nH]ccc13)C2. The van der Waals surface area contributed by atoms with Crippen LogP contribution in [0.5, 0.6) is 0 Å². The molecule has 1 atom stereocenters. The lowest BCUT2D eigenvalue weighted by Gasteiger charge is -2.46. The number of rotatable bonds is 2. The molecule has 0 radical (unpaired) electrons. The lowest BCUT2D eigenvalue weighted by atomic mass is 9.86. The van der Waals surface area contributed by atoms with E-state index in [2.05, 4.69) is 19.9 Å². The number of H-pyrrole nitrogens is 1. The van der Waals surface area contributed by atoms with Gasteiger partial charge in [-0.25, -0.2) is 9.97 Å². The van der Waals surface area contributed by atoms with Gasteiger partial charge in [-0.2, -0.15) is 5.26 Å². The van der Waals surface area contributed by atoms with Crippen LogP contribution in [0, 0.1) is 11.3 Å². The van der Waals surface area contributed by atoms with E-state index in [1.165, 1.54) is 0 Å². The molecule has 0 saturated carbocycles. The molecular formula is C17H20N6O. The highest BCUT2D eigenvalue weighted by molar-refractivity contribution is 5.87. The van der Waals surface area contributed by atoms with Crippen LogP contribution in [-0.4, -0.2) is 50.9 Å². The van der Waals surface area contributed by atoms with Gasteiger partial charge in [-0.15, -0.1) is 0 Å². The number of nitrogens with zero attached hydrogens (tertiary/aromatic N) is 5. The fourth-order valence-corrected chi connectivity index (χ4v) is 4.32. The summed E-state index contributed by atoms with van der Waals surface area (Å²) in [5.41, 5.74) is 0.684. The maximum absolute atomic E-state index is 12.4. The molecule has 7 nitrogen and oxygen atoms in total. The summed E-state index contributed by atoms with van der Waals surface area (Å²) in [6.45, 7) is 2.47. The number of nitrogens with one attached hydrogen (secondary N) is 1. The number of anilines is 1. The van der Waals surface area contributed by atoms with Crippen LogP contribution in [0.2, 0.25) is 0 Å². The van der Waals surface area contributed by atoms with Crippen molar-refractivity contribution < 1.29 is 4.79 Å². The summed E-state index contributed by atoms with van der Waals surface area (Å²) < 4.78 is 0. The Morgan fingerprint density at radius 1 is 1.33 bits per heavy atom. The van der Waals surface area contributed by atoms with Crippen molar-refractivity contribution in [3.05, 3.63) is 18.6 Å². The highest BCUT2D eigenvalue weighted by Gasteiger charge is 2.46. The first kappa shape index (κ1) is 14.9. The van der Waals surface area contributed by atoms with Crippen molar-refractivity contribution in [2.24, 2.45) is 0 Å². The van der Waals surface area contributed by atoms with E-state index in [1.54, 1.807) is 6.33 Å². The first-order valence-electron chi connectivity index (χ1n) is 8.44. The summed E-state index contributed by atoms with van der Waals surface area (Å²) in [4.78, 5) is 28.5. The van der Waals surface area contributed by atoms with Crippen LogP contribution in [0.4, 0.5) is 5.82 Å². The fourth-order valence-electron chi connectivity index (χ4n) is 4.32. The van der Waals surface area contributed by atoms with Crippen LogP contribution in [-0.2, 0) is 4.79 Å². The summed E-state index contributed by atoms with van der Waals surface area (Å²) in [5.74, 6) is 0.895. The molecule has 24 heavy (non-hydrogen) atoms. The van der Waals surface area contributed by atoms with Gasteiger partial charge in [0.25, 0.3) is 0 Å². The van der Waals surface area contributed by atoms with Crippen molar-refractivity contribution in [3.63, 3.8) is 0 Å². The van der Waals surface area contributed by atoms with Gasteiger partial charge in [0.2, 0.25) is 5.91 Å². The third-order valence-corrected chi connectivity index (χ3v) is 5.32. The van der Waals surface area contributed by atoms with Gasteiger partial charge in [0.05, 0.1) is 17.0 Å².